The molecular formula is C12H14N4O5S. The maximum atomic E-state index is 10.3. The molecule has 0 fully saturated rings. The second-order valence-electron chi connectivity index (χ2n) is 4.22. The highest BCUT2D eigenvalue weighted by atomic mass is 32.3. The molecule has 0 bridgehead atoms. The monoisotopic (exact) mass is 326 g/mol. The number of azo groups is 1. The molecule has 0 unspecified atom stereocenters. The lowest BCUT2D eigenvalue weighted by atomic mass is 10.2. The summed E-state index contributed by atoms with van der Waals surface area (Å²) in [5.74, 6) is 0.303. The smallest absolute Gasteiger partial charge is 0.726 e. The van der Waals surface area contributed by atoms with Crippen molar-refractivity contribution in [2.45, 2.75) is 0 Å². The topological polar surface area (TPSA) is 120 Å². The van der Waals surface area contributed by atoms with Gasteiger partial charge in [0.1, 0.15) is 0 Å². The molecule has 10 heteroatoms. The van der Waals surface area contributed by atoms with Crippen LogP contribution in [0.4, 0.5) is 17.3 Å². The van der Waals surface area contributed by atoms with Gasteiger partial charge in [0.15, 0.2) is 0 Å². The Morgan fingerprint density at radius 3 is 2.64 bits per heavy atom. The number of nitrogens with zero attached hydrogens (tertiary/aromatic N) is 4. The van der Waals surface area contributed by atoms with Crippen molar-refractivity contribution < 1.29 is 23.1 Å². The van der Waals surface area contributed by atoms with Crippen LogP contribution >= 0.6 is 0 Å². The van der Waals surface area contributed by atoms with Gasteiger partial charge in [-0.3, -0.25) is 4.18 Å². The molecule has 1 heterocycles. The Hall–Kier alpha value is -2.30. The van der Waals surface area contributed by atoms with Gasteiger partial charge in [0, 0.05) is 25.3 Å². The van der Waals surface area contributed by atoms with Crippen LogP contribution in [0.2, 0.25) is 0 Å². The van der Waals surface area contributed by atoms with E-state index in [2.05, 4.69) is 19.6 Å². The van der Waals surface area contributed by atoms with Crippen molar-refractivity contribution in [3.05, 3.63) is 36.5 Å². The van der Waals surface area contributed by atoms with Crippen molar-refractivity contribution >= 4 is 27.7 Å². The van der Waals surface area contributed by atoms with E-state index in [4.69, 9.17) is 4.52 Å². The van der Waals surface area contributed by atoms with E-state index in [1.54, 1.807) is 42.3 Å². The van der Waals surface area contributed by atoms with Crippen molar-refractivity contribution in [1.29, 1.82) is 0 Å². The number of hydrogen-bond donors (Lipinski definition) is 0. The van der Waals surface area contributed by atoms with Gasteiger partial charge in [0.25, 0.3) is 5.88 Å². The second kappa shape index (κ2) is 7.11. The molecule has 0 N–H and O–H groups in total. The van der Waals surface area contributed by atoms with Crippen LogP contribution in [-0.2, 0) is 14.6 Å². The first-order valence-corrected chi connectivity index (χ1v) is 7.51. The standard InChI is InChI=1S/C12H14N4O5S/c1-16(8-9-20-22(17,18)19)11-4-2-10(3-5-11)14-15-12-6-7-13-21-12/h2-7H,8-9H2,1H3,(H,17,18,19). The third kappa shape index (κ3) is 5.24. The van der Waals surface area contributed by atoms with Crippen LogP contribution in [0.1, 0.15) is 1.43 Å². The summed E-state index contributed by atoms with van der Waals surface area (Å²) in [6.07, 6.45) is 1.47. The van der Waals surface area contributed by atoms with Crippen LogP contribution in [0.3, 0.4) is 0 Å². The Balaban J connectivity index is 0.00000264. The van der Waals surface area contributed by atoms with Crippen molar-refractivity contribution in [2.75, 3.05) is 25.1 Å². The highest BCUT2D eigenvalue weighted by molar-refractivity contribution is 7.80. The van der Waals surface area contributed by atoms with Crippen LogP contribution in [-0.4, -0.2) is 38.3 Å². The number of hydrogen-bond acceptors (Lipinski definition) is 9. The Morgan fingerprint density at radius 2 is 2.05 bits per heavy atom. The molecule has 22 heavy (non-hydrogen) atoms. The molecule has 0 aliphatic heterocycles. The lowest BCUT2D eigenvalue weighted by Crippen LogP contribution is -2.23. The molecular weight excluding hydrogens is 312 g/mol. The minimum absolute atomic E-state index is 0. The highest BCUT2D eigenvalue weighted by Crippen LogP contribution is 2.21. The summed E-state index contributed by atoms with van der Waals surface area (Å²) < 4.78 is 39.9. The Bertz CT molecular complexity index is 718. The first kappa shape index (κ1) is 16.1. The third-order valence-electron chi connectivity index (χ3n) is 2.63. The molecule has 1 aromatic carbocycles. The fourth-order valence-electron chi connectivity index (χ4n) is 1.55. The Morgan fingerprint density at radius 1 is 1.32 bits per heavy atom. The molecule has 2 aromatic rings. The minimum Gasteiger partial charge on any atom is -0.726 e. The van der Waals surface area contributed by atoms with E-state index in [0.29, 0.717) is 11.6 Å². The molecule has 2 rings (SSSR count). The van der Waals surface area contributed by atoms with Crippen LogP contribution in [0.15, 0.2) is 51.3 Å². The van der Waals surface area contributed by atoms with Gasteiger partial charge in [0.05, 0.1) is 18.5 Å². The van der Waals surface area contributed by atoms with Crippen LogP contribution in [0.25, 0.3) is 0 Å². The molecule has 0 radical (unpaired) electrons. The third-order valence-corrected chi connectivity index (χ3v) is 3.09. The number of anilines is 1. The van der Waals surface area contributed by atoms with Gasteiger partial charge in [0.2, 0.25) is 10.4 Å². The summed E-state index contributed by atoms with van der Waals surface area (Å²) >= 11 is 0. The maximum Gasteiger partial charge on any atom is 1.00 e. The van der Waals surface area contributed by atoms with E-state index in [0.717, 1.165) is 5.69 Å². The van der Waals surface area contributed by atoms with Gasteiger partial charge in [-0.05, 0) is 24.3 Å². The second-order valence-corrected chi connectivity index (χ2v) is 5.27. The highest BCUT2D eigenvalue weighted by Gasteiger charge is 2.03. The zero-order chi connectivity index (χ0) is 16.0. The van der Waals surface area contributed by atoms with E-state index in [-0.39, 0.29) is 14.6 Å². The minimum atomic E-state index is -4.66. The van der Waals surface area contributed by atoms with Gasteiger partial charge < -0.3 is 14.0 Å². The largest absolute Gasteiger partial charge is 1.00 e. The Kier molecular flexibility index (Phi) is 5.20. The first-order chi connectivity index (χ1) is 10.4. The van der Waals surface area contributed by atoms with Crippen LogP contribution in [0.5, 0.6) is 0 Å². The lowest BCUT2D eigenvalue weighted by molar-refractivity contribution is 0.267. The zero-order valence-electron chi connectivity index (χ0n) is 12.6. The number of benzene rings is 1. The molecule has 0 aliphatic rings. The van der Waals surface area contributed by atoms with E-state index < -0.39 is 10.4 Å². The predicted molar refractivity (Wildman–Crippen MR) is 77.2 cm³/mol. The van der Waals surface area contributed by atoms with Gasteiger partial charge in [-0.2, -0.15) is 0 Å². The summed E-state index contributed by atoms with van der Waals surface area (Å²) in [4.78, 5) is 1.74. The van der Waals surface area contributed by atoms with Crippen LogP contribution < -0.4 is 4.90 Å². The lowest BCUT2D eigenvalue weighted by Gasteiger charge is -2.19. The molecule has 0 amide bonds. The summed E-state index contributed by atoms with van der Waals surface area (Å²) in [5, 5.41) is 11.3. The molecule has 0 saturated heterocycles. The normalized spacial score (nSPS) is 11.9. The molecule has 0 aliphatic carbocycles. The van der Waals surface area contributed by atoms with E-state index in [1.165, 1.54) is 6.20 Å². The Labute approximate surface area is 128 Å². The fourth-order valence-corrected chi connectivity index (χ4v) is 1.83. The predicted octanol–water partition coefficient (Wildman–Crippen LogP) is 2.12. The summed E-state index contributed by atoms with van der Waals surface area (Å²) in [5.41, 5.74) is 1.43. The van der Waals surface area contributed by atoms with Crippen molar-refractivity contribution in [3.63, 3.8) is 0 Å². The number of aromatic nitrogens is 1. The quantitative estimate of drug-likeness (QED) is 0.434. The van der Waals surface area contributed by atoms with E-state index in [1.807, 2.05) is 0 Å². The van der Waals surface area contributed by atoms with E-state index in [9.17, 15) is 13.0 Å². The van der Waals surface area contributed by atoms with Gasteiger partial charge in [-0.15, -0.1) is 10.2 Å². The van der Waals surface area contributed by atoms with Crippen LogP contribution in [0, 0.1) is 0 Å². The van der Waals surface area contributed by atoms with Gasteiger partial charge in [-0.1, -0.05) is 5.16 Å². The number of rotatable bonds is 7. The maximum absolute atomic E-state index is 10.3. The van der Waals surface area contributed by atoms with Crippen molar-refractivity contribution in [3.8, 4) is 0 Å². The average molecular weight is 326 g/mol. The summed E-state index contributed by atoms with van der Waals surface area (Å²) in [7, 11) is -2.91. The zero-order valence-corrected chi connectivity index (χ0v) is 12.4. The van der Waals surface area contributed by atoms with Gasteiger partial charge >= 0.3 is 1.43 Å². The summed E-state index contributed by atoms with van der Waals surface area (Å²) in [6, 6.07) is 8.60. The molecule has 0 atom stereocenters. The average Bonchev–Trinajstić information content (AvgIpc) is 2.97. The molecule has 0 spiro atoms. The molecule has 1 aromatic heterocycles. The van der Waals surface area contributed by atoms with Crippen molar-refractivity contribution in [1.82, 2.24) is 5.16 Å². The first-order valence-electron chi connectivity index (χ1n) is 6.18. The number of likely N-dealkylation sites (N-methyl/N-ethyl adjacent to an activating group) is 1. The molecule has 9 nitrogen and oxygen atoms in total. The molecule has 118 valence electrons. The van der Waals surface area contributed by atoms with Crippen molar-refractivity contribution in [2.24, 2.45) is 10.2 Å². The van der Waals surface area contributed by atoms with E-state index >= 15 is 0 Å². The summed E-state index contributed by atoms with van der Waals surface area (Å²) in [6.45, 7) is 0.0374. The molecule has 0 saturated carbocycles. The van der Waals surface area contributed by atoms with Gasteiger partial charge in [-0.25, -0.2) is 8.42 Å². The SMILES string of the molecule is CN(CCOS(=O)(=O)[O-])c1ccc(N=Nc2ccno2)cc1.[H+]. The fraction of sp³-hybridized carbons (Fsp3) is 0.250.